The van der Waals surface area contributed by atoms with Crippen LogP contribution >= 0.6 is 0 Å². The summed E-state index contributed by atoms with van der Waals surface area (Å²) in [5.74, 6) is -0.00151. The van der Waals surface area contributed by atoms with Gasteiger partial charge in [-0.3, -0.25) is 4.79 Å². The van der Waals surface area contributed by atoms with Gasteiger partial charge in [0.1, 0.15) is 23.8 Å². The van der Waals surface area contributed by atoms with E-state index in [-0.39, 0.29) is 18.1 Å². The van der Waals surface area contributed by atoms with Crippen LogP contribution in [-0.4, -0.2) is 24.7 Å². The third-order valence-corrected chi connectivity index (χ3v) is 5.43. The second kappa shape index (κ2) is 7.08. The molecule has 1 fully saturated rings. The number of alkyl halides is 1. The van der Waals surface area contributed by atoms with E-state index in [9.17, 15) is 13.6 Å². The summed E-state index contributed by atoms with van der Waals surface area (Å²) in [5, 5.41) is 2.88. The maximum absolute atomic E-state index is 13.8. The maximum Gasteiger partial charge on any atom is 0.227 e. The summed E-state index contributed by atoms with van der Waals surface area (Å²) in [5.41, 5.74) is 3.24. The van der Waals surface area contributed by atoms with E-state index in [2.05, 4.69) is 10.2 Å². The number of carbonyl (C=O) groups excluding carboxylic acids is 1. The van der Waals surface area contributed by atoms with Crippen molar-refractivity contribution in [2.75, 3.05) is 23.4 Å². The average molecular weight is 386 g/mol. The van der Waals surface area contributed by atoms with Gasteiger partial charge in [-0.1, -0.05) is 6.07 Å². The number of ether oxygens (including phenoxy) is 1. The summed E-state index contributed by atoms with van der Waals surface area (Å²) in [6, 6.07) is 8.64. The molecule has 0 bridgehead atoms. The molecule has 1 aliphatic heterocycles. The molecule has 0 aromatic heterocycles. The van der Waals surface area contributed by atoms with Gasteiger partial charge in [0, 0.05) is 29.5 Å². The molecule has 0 radical (unpaired) electrons. The van der Waals surface area contributed by atoms with E-state index in [4.69, 9.17) is 4.74 Å². The zero-order chi connectivity index (χ0) is 19.9. The molecule has 6 heteroatoms. The maximum atomic E-state index is 13.8. The first-order valence-corrected chi connectivity index (χ1v) is 9.59. The fourth-order valence-corrected chi connectivity index (χ4v) is 3.67. The number of hydrogen-bond donors (Lipinski definition) is 1. The van der Waals surface area contributed by atoms with E-state index in [1.165, 1.54) is 12.1 Å². The van der Waals surface area contributed by atoms with Crippen LogP contribution in [0.5, 0.6) is 5.75 Å². The Kier molecular flexibility index (Phi) is 4.73. The Bertz CT molecular complexity index is 902. The number of amides is 1. The predicted octanol–water partition coefficient (Wildman–Crippen LogP) is 4.67. The van der Waals surface area contributed by atoms with Crippen LogP contribution in [0.1, 0.15) is 36.0 Å². The summed E-state index contributed by atoms with van der Waals surface area (Å²) in [7, 11) is 0. The Morgan fingerprint density at radius 3 is 2.61 bits per heavy atom. The molecule has 2 aromatic carbocycles. The minimum Gasteiger partial charge on any atom is -0.491 e. The Labute approximate surface area is 163 Å². The van der Waals surface area contributed by atoms with Crippen LogP contribution in [0.2, 0.25) is 0 Å². The van der Waals surface area contributed by atoms with Crippen LogP contribution < -0.4 is 15.0 Å². The average Bonchev–Trinajstić information content (AvgIpc) is 3.39. The van der Waals surface area contributed by atoms with E-state index < -0.39 is 5.67 Å². The second-order valence-electron chi connectivity index (χ2n) is 7.85. The highest BCUT2D eigenvalue weighted by Gasteiger charge is 2.44. The molecule has 0 saturated heterocycles. The number of carbonyl (C=O) groups is 1. The Balaban J connectivity index is 1.54. The summed E-state index contributed by atoms with van der Waals surface area (Å²) in [6.07, 6.45) is 0.865. The van der Waals surface area contributed by atoms with Crippen molar-refractivity contribution in [2.24, 2.45) is 0 Å². The van der Waals surface area contributed by atoms with Gasteiger partial charge in [0.2, 0.25) is 5.91 Å². The highest BCUT2D eigenvalue weighted by molar-refractivity contribution is 5.93. The molecular formula is C22H24F2N2O2. The van der Waals surface area contributed by atoms with E-state index in [1.807, 2.05) is 26.0 Å². The summed E-state index contributed by atoms with van der Waals surface area (Å²) in [4.78, 5) is 14.3. The zero-order valence-electron chi connectivity index (χ0n) is 16.1. The first kappa shape index (κ1) is 18.7. The van der Waals surface area contributed by atoms with E-state index >= 15 is 0 Å². The number of anilines is 2. The number of fused-ring (bicyclic) bond motifs is 1. The van der Waals surface area contributed by atoms with Crippen LogP contribution in [0.25, 0.3) is 0 Å². The van der Waals surface area contributed by atoms with Crippen molar-refractivity contribution in [2.45, 2.75) is 45.3 Å². The normalized spacial score (nSPS) is 17.4. The van der Waals surface area contributed by atoms with Gasteiger partial charge in [-0.2, -0.15) is 0 Å². The van der Waals surface area contributed by atoms with Gasteiger partial charge >= 0.3 is 0 Å². The number of aryl methyl sites for hydroxylation is 2. The van der Waals surface area contributed by atoms with Crippen molar-refractivity contribution in [3.05, 3.63) is 52.8 Å². The molecule has 0 unspecified atom stereocenters. The second-order valence-corrected chi connectivity index (χ2v) is 7.85. The van der Waals surface area contributed by atoms with Crippen LogP contribution in [0, 0.1) is 19.7 Å². The molecule has 2 aromatic rings. The summed E-state index contributed by atoms with van der Waals surface area (Å²) >= 11 is 0. The van der Waals surface area contributed by atoms with Crippen molar-refractivity contribution in [1.29, 1.82) is 0 Å². The van der Waals surface area contributed by atoms with E-state index in [1.54, 1.807) is 6.07 Å². The standard InChI is InChI=1S/C22H24F2N2O2/c1-14-9-18(10-15(2)21(14)25-20(27)12-22(24)5-6-22)26-7-8-28-19-11-17(23)4-3-16(19)13-26/h3-4,9-11H,5-8,12-13H2,1-2H3,(H,25,27). The lowest BCUT2D eigenvalue weighted by molar-refractivity contribution is -0.117. The van der Waals surface area contributed by atoms with Crippen molar-refractivity contribution in [1.82, 2.24) is 0 Å². The van der Waals surface area contributed by atoms with Crippen molar-refractivity contribution in [3.8, 4) is 5.75 Å². The highest BCUT2D eigenvalue weighted by atomic mass is 19.1. The lowest BCUT2D eigenvalue weighted by Crippen LogP contribution is -2.25. The molecule has 28 heavy (non-hydrogen) atoms. The number of benzene rings is 2. The predicted molar refractivity (Wildman–Crippen MR) is 105 cm³/mol. The molecule has 148 valence electrons. The molecule has 1 saturated carbocycles. The molecule has 4 nitrogen and oxygen atoms in total. The van der Waals surface area contributed by atoms with Gasteiger partial charge < -0.3 is 15.0 Å². The Morgan fingerprint density at radius 1 is 1.21 bits per heavy atom. The van der Waals surface area contributed by atoms with Crippen molar-refractivity contribution < 1.29 is 18.3 Å². The van der Waals surface area contributed by atoms with E-state index in [0.717, 1.165) is 28.1 Å². The van der Waals surface area contributed by atoms with E-state index in [0.29, 0.717) is 38.3 Å². The number of halogens is 2. The molecule has 1 heterocycles. The number of rotatable bonds is 4. The van der Waals surface area contributed by atoms with Crippen LogP contribution in [0.4, 0.5) is 20.2 Å². The van der Waals surface area contributed by atoms with Crippen molar-refractivity contribution in [3.63, 3.8) is 0 Å². The molecule has 1 aliphatic carbocycles. The minimum absolute atomic E-state index is 0.0789. The third-order valence-electron chi connectivity index (χ3n) is 5.43. The minimum atomic E-state index is -1.30. The quantitative estimate of drug-likeness (QED) is 0.830. The largest absolute Gasteiger partial charge is 0.491 e. The highest BCUT2D eigenvalue weighted by Crippen LogP contribution is 2.43. The summed E-state index contributed by atoms with van der Waals surface area (Å²) in [6.45, 7) is 5.62. The van der Waals surface area contributed by atoms with Crippen LogP contribution in [0.15, 0.2) is 30.3 Å². The topological polar surface area (TPSA) is 41.6 Å². The summed E-state index contributed by atoms with van der Waals surface area (Å²) < 4.78 is 33.0. The Morgan fingerprint density at radius 2 is 1.93 bits per heavy atom. The monoisotopic (exact) mass is 386 g/mol. The fraction of sp³-hybridized carbons (Fsp3) is 0.409. The molecule has 2 aliphatic rings. The SMILES string of the molecule is Cc1cc(N2CCOc3cc(F)ccc3C2)cc(C)c1NC(=O)CC1(F)CC1. The smallest absolute Gasteiger partial charge is 0.227 e. The molecule has 1 N–H and O–H groups in total. The first-order valence-electron chi connectivity index (χ1n) is 9.59. The van der Waals surface area contributed by atoms with Gasteiger partial charge in [-0.05, 0) is 56.0 Å². The van der Waals surface area contributed by atoms with Gasteiger partial charge in [0.15, 0.2) is 0 Å². The van der Waals surface area contributed by atoms with Gasteiger partial charge in [0.25, 0.3) is 0 Å². The molecule has 1 amide bonds. The first-order chi connectivity index (χ1) is 13.3. The third kappa shape index (κ3) is 3.96. The lowest BCUT2D eigenvalue weighted by Gasteiger charge is -2.24. The molecule has 4 rings (SSSR count). The molecule has 0 spiro atoms. The van der Waals surface area contributed by atoms with Crippen LogP contribution in [0.3, 0.4) is 0 Å². The van der Waals surface area contributed by atoms with Crippen LogP contribution in [-0.2, 0) is 11.3 Å². The zero-order valence-corrected chi connectivity index (χ0v) is 16.1. The van der Waals surface area contributed by atoms with Gasteiger partial charge in [0.05, 0.1) is 13.0 Å². The van der Waals surface area contributed by atoms with Gasteiger partial charge in [-0.15, -0.1) is 0 Å². The number of hydrogen-bond acceptors (Lipinski definition) is 3. The molecule has 0 atom stereocenters. The Hall–Kier alpha value is -2.63. The fourth-order valence-electron chi connectivity index (χ4n) is 3.67. The number of nitrogens with zero attached hydrogens (tertiary/aromatic N) is 1. The van der Waals surface area contributed by atoms with Crippen molar-refractivity contribution >= 4 is 17.3 Å². The lowest BCUT2D eigenvalue weighted by atomic mass is 10.1. The molecular weight excluding hydrogens is 362 g/mol. The number of nitrogens with one attached hydrogen (secondary N) is 1. The van der Waals surface area contributed by atoms with Gasteiger partial charge in [-0.25, -0.2) is 8.78 Å².